The largest absolute Gasteiger partial charge is 0.355 e. The van der Waals surface area contributed by atoms with Crippen molar-refractivity contribution in [3.8, 4) is 0 Å². The molecule has 30 heavy (non-hydrogen) atoms. The van der Waals surface area contributed by atoms with Crippen LogP contribution in [0.5, 0.6) is 0 Å². The Hall–Kier alpha value is -2.24. The molecule has 2 fully saturated rings. The zero-order chi connectivity index (χ0) is 20.6. The molecule has 2 aromatic rings. The maximum atomic E-state index is 12.7. The Bertz CT molecular complexity index is 774. The van der Waals surface area contributed by atoms with Crippen molar-refractivity contribution < 1.29 is 4.79 Å². The molecule has 5 heteroatoms. The smallest absolute Gasteiger partial charge is 0.224 e. The molecular weight excluding hydrogens is 372 g/mol. The molecule has 1 unspecified atom stereocenters. The van der Waals surface area contributed by atoms with Gasteiger partial charge in [-0.3, -0.25) is 19.6 Å². The summed E-state index contributed by atoms with van der Waals surface area (Å²) in [5, 5.41) is 3.18. The van der Waals surface area contributed by atoms with Crippen LogP contribution in [-0.2, 0) is 17.8 Å². The highest BCUT2D eigenvalue weighted by Crippen LogP contribution is 2.24. The molecule has 2 aliphatic heterocycles. The van der Waals surface area contributed by atoms with Gasteiger partial charge in [-0.15, -0.1) is 0 Å². The molecular formula is C25H34N4O. The number of aromatic nitrogens is 1. The summed E-state index contributed by atoms with van der Waals surface area (Å²) in [5.41, 5.74) is 2.57. The minimum Gasteiger partial charge on any atom is -0.355 e. The lowest BCUT2D eigenvalue weighted by molar-refractivity contribution is -0.127. The highest BCUT2D eigenvalue weighted by atomic mass is 16.1. The molecule has 5 nitrogen and oxygen atoms in total. The fourth-order valence-corrected chi connectivity index (χ4v) is 4.86. The topological polar surface area (TPSA) is 48.5 Å². The van der Waals surface area contributed by atoms with Gasteiger partial charge in [0.2, 0.25) is 5.91 Å². The Morgan fingerprint density at radius 1 is 1.00 bits per heavy atom. The van der Waals surface area contributed by atoms with Gasteiger partial charge in [-0.2, -0.15) is 0 Å². The SMILES string of the molecule is O=C(NCCc1ccccc1)C1CCCN(C2CCN(Cc3cccnc3)CC2)C1. The van der Waals surface area contributed by atoms with E-state index in [0.717, 1.165) is 58.5 Å². The predicted octanol–water partition coefficient (Wildman–Crippen LogP) is 3.12. The van der Waals surface area contributed by atoms with E-state index in [2.05, 4.69) is 50.4 Å². The lowest BCUT2D eigenvalue weighted by Gasteiger charge is -2.42. The van der Waals surface area contributed by atoms with E-state index in [1.54, 1.807) is 0 Å². The van der Waals surface area contributed by atoms with Crippen molar-refractivity contribution in [1.29, 1.82) is 0 Å². The van der Waals surface area contributed by atoms with Crippen LogP contribution in [0.2, 0.25) is 0 Å². The molecule has 0 aliphatic carbocycles. The number of nitrogens with zero attached hydrogens (tertiary/aromatic N) is 3. The van der Waals surface area contributed by atoms with E-state index in [0.29, 0.717) is 6.04 Å². The summed E-state index contributed by atoms with van der Waals surface area (Å²) >= 11 is 0. The molecule has 0 bridgehead atoms. The van der Waals surface area contributed by atoms with Crippen LogP contribution in [0.15, 0.2) is 54.9 Å². The summed E-state index contributed by atoms with van der Waals surface area (Å²) in [4.78, 5) is 22.1. The summed E-state index contributed by atoms with van der Waals surface area (Å²) in [6, 6.07) is 15.2. The van der Waals surface area contributed by atoms with E-state index in [4.69, 9.17) is 0 Å². The molecule has 0 spiro atoms. The minimum atomic E-state index is 0.142. The van der Waals surface area contributed by atoms with Gasteiger partial charge in [0.15, 0.2) is 0 Å². The number of amides is 1. The van der Waals surface area contributed by atoms with E-state index in [-0.39, 0.29) is 11.8 Å². The molecule has 2 saturated heterocycles. The Kier molecular flexibility index (Phi) is 7.49. The van der Waals surface area contributed by atoms with Crippen LogP contribution in [0, 0.1) is 5.92 Å². The van der Waals surface area contributed by atoms with Crippen LogP contribution in [0.25, 0.3) is 0 Å². The number of rotatable bonds is 7. The molecule has 1 aromatic carbocycles. The first-order chi connectivity index (χ1) is 14.8. The first-order valence-electron chi connectivity index (χ1n) is 11.4. The van der Waals surface area contributed by atoms with Gasteiger partial charge >= 0.3 is 0 Å². The number of carbonyl (C=O) groups excluding carboxylic acids is 1. The standard InChI is InChI=1S/C25H34N4O/c30-25(27-14-10-21-6-2-1-3-7-21)23-9-5-15-29(20-23)24-11-16-28(17-12-24)19-22-8-4-13-26-18-22/h1-4,6-8,13,18,23-24H,5,9-12,14-17,19-20H2,(H,27,30). The lowest BCUT2D eigenvalue weighted by Crippen LogP contribution is -2.50. The van der Waals surface area contributed by atoms with Crippen molar-refractivity contribution in [3.63, 3.8) is 0 Å². The Labute approximate surface area is 180 Å². The van der Waals surface area contributed by atoms with E-state index in [9.17, 15) is 4.79 Å². The quantitative estimate of drug-likeness (QED) is 0.768. The normalized spacial score (nSPS) is 21.4. The first kappa shape index (κ1) is 21.0. The van der Waals surface area contributed by atoms with Gasteiger partial charge in [0.1, 0.15) is 0 Å². The van der Waals surface area contributed by atoms with Gasteiger partial charge in [0.25, 0.3) is 0 Å². The van der Waals surface area contributed by atoms with Crippen LogP contribution in [0.1, 0.15) is 36.8 Å². The van der Waals surface area contributed by atoms with E-state index in [1.165, 1.54) is 24.0 Å². The summed E-state index contributed by atoms with van der Waals surface area (Å²) in [6.45, 7) is 6.04. The van der Waals surface area contributed by atoms with Gasteiger partial charge in [0, 0.05) is 38.1 Å². The third-order valence-electron chi connectivity index (χ3n) is 6.58. The van der Waals surface area contributed by atoms with Crippen LogP contribution in [0.3, 0.4) is 0 Å². The van der Waals surface area contributed by atoms with Gasteiger partial charge in [-0.05, 0) is 68.9 Å². The van der Waals surface area contributed by atoms with E-state index < -0.39 is 0 Å². The summed E-state index contributed by atoms with van der Waals surface area (Å²) in [7, 11) is 0. The van der Waals surface area contributed by atoms with Crippen molar-refractivity contribution in [2.45, 2.75) is 44.7 Å². The number of carbonyl (C=O) groups is 1. The lowest BCUT2D eigenvalue weighted by atomic mass is 9.93. The number of likely N-dealkylation sites (tertiary alicyclic amines) is 2. The molecule has 0 saturated carbocycles. The number of nitrogens with one attached hydrogen (secondary N) is 1. The van der Waals surface area contributed by atoms with Crippen molar-refractivity contribution in [3.05, 3.63) is 66.0 Å². The second-order valence-electron chi connectivity index (χ2n) is 8.73. The van der Waals surface area contributed by atoms with Crippen LogP contribution in [0.4, 0.5) is 0 Å². The van der Waals surface area contributed by atoms with Crippen molar-refractivity contribution in [2.75, 3.05) is 32.7 Å². The molecule has 0 radical (unpaired) electrons. The Morgan fingerprint density at radius 2 is 1.80 bits per heavy atom. The van der Waals surface area contributed by atoms with Gasteiger partial charge < -0.3 is 5.32 Å². The number of hydrogen-bond acceptors (Lipinski definition) is 4. The number of piperidine rings is 2. The van der Waals surface area contributed by atoms with Gasteiger partial charge in [-0.1, -0.05) is 36.4 Å². The van der Waals surface area contributed by atoms with Crippen molar-refractivity contribution >= 4 is 5.91 Å². The highest BCUT2D eigenvalue weighted by Gasteiger charge is 2.31. The first-order valence-corrected chi connectivity index (χ1v) is 11.4. The second-order valence-corrected chi connectivity index (χ2v) is 8.73. The molecule has 3 heterocycles. The third-order valence-corrected chi connectivity index (χ3v) is 6.58. The van der Waals surface area contributed by atoms with Crippen molar-refractivity contribution in [2.24, 2.45) is 5.92 Å². The molecule has 4 rings (SSSR count). The van der Waals surface area contributed by atoms with Crippen LogP contribution in [-0.4, -0.2) is 59.5 Å². The zero-order valence-corrected chi connectivity index (χ0v) is 17.9. The maximum Gasteiger partial charge on any atom is 0.224 e. The maximum absolute atomic E-state index is 12.7. The van der Waals surface area contributed by atoms with Crippen LogP contribution < -0.4 is 5.32 Å². The van der Waals surface area contributed by atoms with E-state index >= 15 is 0 Å². The molecule has 1 atom stereocenters. The summed E-state index contributed by atoms with van der Waals surface area (Å²) < 4.78 is 0. The van der Waals surface area contributed by atoms with Gasteiger partial charge in [-0.25, -0.2) is 0 Å². The fourth-order valence-electron chi connectivity index (χ4n) is 4.86. The predicted molar refractivity (Wildman–Crippen MR) is 120 cm³/mol. The average Bonchev–Trinajstić information content (AvgIpc) is 2.81. The van der Waals surface area contributed by atoms with E-state index in [1.807, 2.05) is 24.5 Å². The molecule has 160 valence electrons. The number of benzene rings is 1. The fraction of sp³-hybridized carbons (Fsp3) is 0.520. The summed E-state index contributed by atoms with van der Waals surface area (Å²) in [6.07, 6.45) is 9.25. The number of hydrogen-bond donors (Lipinski definition) is 1. The third kappa shape index (κ3) is 5.89. The van der Waals surface area contributed by atoms with Crippen LogP contribution >= 0.6 is 0 Å². The molecule has 1 aromatic heterocycles. The minimum absolute atomic E-state index is 0.142. The van der Waals surface area contributed by atoms with Gasteiger partial charge in [0.05, 0.1) is 5.92 Å². The number of pyridine rings is 1. The average molecular weight is 407 g/mol. The van der Waals surface area contributed by atoms with Crippen molar-refractivity contribution in [1.82, 2.24) is 20.1 Å². The monoisotopic (exact) mass is 406 g/mol. The Morgan fingerprint density at radius 3 is 2.57 bits per heavy atom. The molecule has 2 aliphatic rings. The molecule has 1 N–H and O–H groups in total. The zero-order valence-electron chi connectivity index (χ0n) is 17.9. The molecule has 1 amide bonds. The summed E-state index contributed by atoms with van der Waals surface area (Å²) in [5.74, 6) is 0.382. The highest BCUT2D eigenvalue weighted by molar-refractivity contribution is 5.79. The second kappa shape index (κ2) is 10.7. The Balaban J connectivity index is 1.20.